The van der Waals surface area contributed by atoms with Crippen molar-refractivity contribution in [2.45, 2.75) is 25.2 Å². The molecular weight excluding hydrogens is 383 g/mol. The zero-order valence-electron chi connectivity index (χ0n) is 16.5. The van der Waals surface area contributed by atoms with Crippen LogP contribution in [0.25, 0.3) is 11.3 Å². The van der Waals surface area contributed by atoms with Gasteiger partial charge >= 0.3 is 0 Å². The number of carbonyl (C=O) groups is 2. The van der Waals surface area contributed by atoms with Crippen LogP contribution in [0, 0.1) is 5.82 Å². The number of piperidine rings is 1. The molecule has 30 heavy (non-hydrogen) atoms. The van der Waals surface area contributed by atoms with Gasteiger partial charge in [0, 0.05) is 24.6 Å². The first-order valence-corrected chi connectivity index (χ1v) is 9.98. The third-order valence-corrected chi connectivity index (χ3v) is 5.45. The number of imidazole rings is 1. The van der Waals surface area contributed by atoms with E-state index in [2.05, 4.69) is 9.97 Å². The van der Waals surface area contributed by atoms with Crippen LogP contribution >= 0.6 is 0 Å². The Balaban J connectivity index is 1.52. The number of rotatable bonds is 5. The van der Waals surface area contributed by atoms with Crippen LogP contribution < -0.4 is 5.73 Å². The summed E-state index contributed by atoms with van der Waals surface area (Å²) >= 11 is 0. The lowest BCUT2D eigenvalue weighted by Crippen LogP contribution is -2.40. The van der Waals surface area contributed by atoms with Crippen LogP contribution in [0.1, 0.15) is 40.6 Å². The monoisotopic (exact) mass is 406 g/mol. The van der Waals surface area contributed by atoms with Crippen LogP contribution in [0.2, 0.25) is 0 Å². The molecule has 3 N–H and O–H groups in total. The average molecular weight is 406 g/mol. The van der Waals surface area contributed by atoms with E-state index in [4.69, 9.17) is 5.73 Å². The zero-order chi connectivity index (χ0) is 21.1. The molecule has 2 heterocycles. The van der Waals surface area contributed by atoms with E-state index in [1.165, 1.54) is 12.1 Å². The Morgan fingerprint density at radius 2 is 1.87 bits per heavy atom. The fourth-order valence-electron chi connectivity index (χ4n) is 3.88. The molecule has 0 radical (unpaired) electrons. The summed E-state index contributed by atoms with van der Waals surface area (Å²) in [5.41, 5.74) is 7.98. The number of nitrogens with zero attached hydrogens (tertiary/aromatic N) is 2. The molecular formula is C23H23FN4O2. The predicted octanol–water partition coefficient (Wildman–Crippen LogP) is 3.26. The van der Waals surface area contributed by atoms with E-state index in [1.54, 1.807) is 12.1 Å². The second-order valence-electron chi connectivity index (χ2n) is 7.56. The summed E-state index contributed by atoms with van der Waals surface area (Å²) in [6.45, 7) is 1.19. The quantitative estimate of drug-likeness (QED) is 0.681. The predicted molar refractivity (Wildman–Crippen MR) is 111 cm³/mol. The van der Waals surface area contributed by atoms with Gasteiger partial charge in [-0.1, -0.05) is 42.5 Å². The van der Waals surface area contributed by atoms with Crippen molar-refractivity contribution in [2.24, 2.45) is 5.73 Å². The Labute approximate surface area is 173 Å². The van der Waals surface area contributed by atoms with Crippen LogP contribution in [-0.4, -0.2) is 39.8 Å². The molecule has 0 bridgehead atoms. The lowest BCUT2D eigenvalue weighted by Gasteiger charge is -2.32. The first-order chi connectivity index (χ1) is 14.5. The largest absolute Gasteiger partial charge is 0.364 e. The number of nitrogens with two attached hydrogens (primary N) is 1. The molecule has 2 amide bonds. The van der Waals surface area contributed by atoms with Crippen molar-refractivity contribution in [3.05, 3.63) is 77.5 Å². The van der Waals surface area contributed by atoms with E-state index < -0.39 is 5.91 Å². The average Bonchev–Trinajstić information content (AvgIpc) is 3.22. The minimum atomic E-state index is -0.562. The second kappa shape index (κ2) is 8.49. The van der Waals surface area contributed by atoms with E-state index in [9.17, 15) is 14.0 Å². The highest BCUT2D eigenvalue weighted by Gasteiger charge is 2.28. The van der Waals surface area contributed by atoms with Gasteiger partial charge in [0.15, 0.2) is 0 Å². The number of benzene rings is 2. The molecule has 154 valence electrons. The molecule has 1 aliphatic heterocycles. The third-order valence-electron chi connectivity index (χ3n) is 5.45. The summed E-state index contributed by atoms with van der Waals surface area (Å²) in [6, 6.07) is 15.4. The molecule has 7 heteroatoms. The second-order valence-corrected chi connectivity index (χ2v) is 7.56. The fourth-order valence-corrected chi connectivity index (χ4v) is 3.88. The molecule has 1 saturated heterocycles. The molecule has 2 aromatic carbocycles. The van der Waals surface area contributed by atoms with Crippen molar-refractivity contribution >= 4 is 11.8 Å². The molecule has 1 atom stereocenters. The van der Waals surface area contributed by atoms with Gasteiger partial charge in [-0.3, -0.25) is 9.59 Å². The Bertz CT molecular complexity index is 1050. The number of halogens is 1. The third kappa shape index (κ3) is 4.25. The minimum absolute atomic E-state index is 0.00345. The van der Waals surface area contributed by atoms with Gasteiger partial charge in [0.05, 0.1) is 6.42 Å². The Hall–Kier alpha value is -3.48. The van der Waals surface area contributed by atoms with Gasteiger partial charge < -0.3 is 15.6 Å². The Morgan fingerprint density at radius 3 is 2.57 bits per heavy atom. The van der Waals surface area contributed by atoms with Crippen molar-refractivity contribution < 1.29 is 14.0 Å². The highest BCUT2D eigenvalue weighted by molar-refractivity contribution is 5.97. The zero-order valence-corrected chi connectivity index (χ0v) is 16.5. The molecule has 0 unspecified atom stereocenters. The molecule has 1 aliphatic rings. The lowest BCUT2D eigenvalue weighted by molar-refractivity contribution is -0.131. The topological polar surface area (TPSA) is 92.1 Å². The summed E-state index contributed by atoms with van der Waals surface area (Å²) in [7, 11) is 0. The Kier molecular flexibility index (Phi) is 5.61. The van der Waals surface area contributed by atoms with Crippen molar-refractivity contribution in [1.29, 1.82) is 0 Å². The van der Waals surface area contributed by atoms with Gasteiger partial charge in [-0.15, -0.1) is 0 Å². The normalized spacial score (nSPS) is 16.4. The standard InChI is InChI=1S/C23H23FN4O2/c24-18-10-8-15(9-11-18)13-19(29)28-12-4-7-17(14-28)23-26-20(21(27-23)22(25)30)16-5-2-1-3-6-16/h1-3,5-6,8-11,17H,4,7,12-14H2,(H2,25,30)(H,26,27)/t17-/m0/s1. The molecule has 1 fully saturated rings. The number of primary amides is 1. The van der Waals surface area contributed by atoms with Crippen LogP contribution in [0.4, 0.5) is 4.39 Å². The number of aromatic nitrogens is 2. The highest BCUT2D eigenvalue weighted by Crippen LogP contribution is 2.29. The van der Waals surface area contributed by atoms with Crippen LogP contribution in [0.15, 0.2) is 54.6 Å². The number of amides is 2. The molecule has 0 aliphatic carbocycles. The number of hydrogen-bond donors (Lipinski definition) is 2. The van der Waals surface area contributed by atoms with Crippen LogP contribution in [-0.2, 0) is 11.2 Å². The van der Waals surface area contributed by atoms with Crippen molar-refractivity contribution in [3.8, 4) is 11.3 Å². The maximum atomic E-state index is 13.1. The van der Waals surface area contributed by atoms with Gasteiger partial charge in [-0.05, 0) is 30.5 Å². The minimum Gasteiger partial charge on any atom is -0.364 e. The van der Waals surface area contributed by atoms with Crippen LogP contribution in [0.3, 0.4) is 0 Å². The summed E-state index contributed by atoms with van der Waals surface area (Å²) in [6.07, 6.45) is 1.93. The number of carbonyl (C=O) groups excluding carboxylic acids is 2. The smallest absolute Gasteiger partial charge is 0.267 e. The van der Waals surface area contributed by atoms with E-state index >= 15 is 0 Å². The van der Waals surface area contributed by atoms with Crippen molar-refractivity contribution in [1.82, 2.24) is 14.9 Å². The first-order valence-electron chi connectivity index (χ1n) is 9.98. The number of hydrogen-bond acceptors (Lipinski definition) is 3. The summed E-state index contributed by atoms with van der Waals surface area (Å²) in [5.74, 6) is -0.223. The van der Waals surface area contributed by atoms with Gasteiger partial charge in [-0.2, -0.15) is 0 Å². The number of H-pyrrole nitrogens is 1. The van der Waals surface area contributed by atoms with E-state index in [0.29, 0.717) is 24.6 Å². The van der Waals surface area contributed by atoms with Crippen molar-refractivity contribution in [3.63, 3.8) is 0 Å². The molecule has 6 nitrogen and oxygen atoms in total. The maximum absolute atomic E-state index is 13.1. The number of nitrogens with one attached hydrogen (secondary N) is 1. The van der Waals surface area contributed by atoms with Crippen molar-refractivity contribution in [2.75, 3.05) is 13.1 Å². The number of aromatic amines is 1. The van der Waals surface area contributed by atoms with Gasteiger partial charge in [0.25, 0.3) is 5.91 Å². The summed E-state index contributed by atoms with van der Waals surface area (Å²) in [4.78, 5) is 34.3. The van der Waals surface area contributed by atoms with E-state index in [0.717, 1.165) is 24.0 Å². The SMILES string of the molecule is NC(=O)c1[nH]c([C@H]2CCCN(C(=O)Cc3ccc(F)cc3)C2)nc1-c1ccccc1. The number of likely N-dealkylation sites (tertiary alicyclic amines) is 1. The Morgan fingerprint density at radius 1 is 1.13 bits per heavy atom. The summed E-state index contributed by atoms with van der Waals surface area (Å²) in [5, 5.41) is 0. The van der Waals surface area contributed by atoms with E-state index in [1.807, 2.05) is 35.2 Å². The fraction of sp³-hybridized carbons (Fsp3) is 0.261. The lowest BCUT2D eigenvalue weighted by atomic mass is 9.96. The molecule has 0 saturated carbocycles. The molecule has 0 spiro atoms. The maximum Gasteiger partial charge on any atom is 0.267 e. The van der Waals surface area contributed by atoms with Gasteiger partial charge in [-0.25, -0.2) is 9.37 Å². The molecule has 3 aromatic rings. The highest BCUT2D eigenvalue weighted by atomic mass is 19.1. The molecule has 4 rings (SSSR count). The van der Waals surface area contributed by atoms with Gasteiger partial charge in [0.2, 0.25) is 5.91 Å². The van der Waals surface area contributed by atoms with Gasteiger partial charge in [0.1, 0.15) is 23.0 Å². The van der Waals surface area contributed by atoms with Crippen LogP contribution in [0.5, 0.6) is 0 Å². The first kappa shape index (κ1) is 19.8. The van der Waals surface area contributed by atoms with E-state index in [-0.39, 0.29) is 29.8 Å². The summed E-state index contributed by atoms with van der Waals surface area (Å²) < 4.78 is 13.1. The molecule has 1 aromatic heterocycles.